The summed E-state index contributed by atoms with van der Waals surface area (Å²) in [6.45, 7) is 4.40. The summed E-state index contributed by atoms with van der Waals surface area (Å²) in [5.41, 5.74) is 4.44. The van der Waals surface area contributed by atoms with Crippen LogP contribution in [0.3, 0.4) is 0 Å². The minimum Gasteiger partial charge on any atom is -0.0853 e. The zero-order valence-corrected chi connectivity index (χ0v) is 9.79. The normalized spacial score (nSPS) is 21.2. The predicted molar refractivity (Wildman–Crippen MR) is 66.0 cm³/mol. The number of rotatable bonds is 2. The lowest BCUT2D eigenvalue weighted by Gasteiger charge is -2.20. The van der Waals surface area contributed by atoms with Crippen molar-refractivity contribution in [3.05, 3.63) is 47.0 Å². The highest BCUT2D eigenvalue weighted by atomic mass is 14.2. The van der Waals surface area contributed by atoms with E-state index in [0.717, 1.165) is 5.92 Å². The number of hydrogen-bond donors (Lipinski definition) is 0. The van der Waals surface area contributed by atoms with E-state index in [9.17, 15) is 0 Å². The van der Waals surface area contributed by atoms with Crippen LogP contribution in [-0.4, -0.2) is 0 Å². The summed E-state index contributed by atoms with van der Waals surface area (Å²) in [7, 11) is 0. The van der Waals surface area contributed by atoms with Crippen LogP contribution in [0, 0.1) is 12.8 Å². The van der Waals surface area contributed by atoms with E-state index in [4.69, 9.17) is 0 Å². The first-order chi connectivity index (χ1) is 7.24. The van der Waals surface area contributed by atoms with Gasteiger partial charge in [0, 0.05) is 0 Å². The summed E-state index contributed by atoms with van der Waals surface area (Å²) in [4.78, 5) is 0. The van der Waals surface area contributed by atoms with Crippen LogP contribution < -0.4 is 0 Å². The van der Waals surface area contributed by atoms with Gasteiger partial charge in [-0.25, -0.2) is 0 Å². The third-order valence-electron chi connectivity index (χ3n) is 3.39. The average Bonchev–Trinajstić information content (AvgIpc) is 2.25. The Bertz CT molecular complexity index is 343. The second-order valence-corrected chi connectivity index (χ2v) is 4.88. The maximum atomic E-state index is 2.42. The molecular weight excluding hydrogens is 180 g/mol. The van der Waals surface area contributed by atoms with Gasteiger partial charge in [0.2, 0.25) is 0 Å². The molecule has 1 atom stereocenters. The molecule has 0 radical (unpaired) electrons. The zero-order valence-electron chi connectivity index (χ0n) is 9.79. The van der Waals surface area contributed by atoms with Crippen molar-refractivity contribution < 1.29 is 0 Å². The molecule has 1 aromatic rings. The Hall–Kier alpha value is -1.04. The molecule has 1 aliphatic carbocycles. The molecule has 0 heterocycles. The van der Waals surface area contributed by atoms with E-state index < -0.39 is 0 Å². The van der Waals surface area contributed by atoms with Gasteiger partial charge < -0.3 is 0 Å². The molecule has 0 heteroatoms. The van der Waals surface area contributed by atoms with Gasteiger partial charge in [-0.3, -0.25) is 0 Å². The molecular formula is C15H20. The Kier molecular flexibility index (Phi) is 3.25. The van der Waals surface area contributed by atoms with Gasteiger partial charge in [0.1, 0.15) is 0 Å². The number of hydrogen-bond acceptors (Lipinski definition) is 0. The number of aryl methyl sites for hydroxylation is 1. The second-order valence-electron chi connectivity index (χ2n) is 4.88. The lowest BCUT2D eigenvalue weighted by atomic mass is 9.86. The van der Waals surface area contributed by atoms with Crippen LogP contribution in [0.4, 0.5) is 0 Å². The molecule has 0 bridgehead atoms. The van der Waals surface area contributed by atoms with Crippen molar-refractivity contribution in [1.82, 2.24) is 0 Å². The van der Waals surface area contributed by atoms with Crippen molar-refractivity contribution in [2.24, 2.45) is 5.92 Å². The standard InChI is InChI=1S/C15H20/c1-12-3-7-14(8-4-12)11-15-9-5-13(2)6-10-15/h3-5,7-8,15H,6,9-11H2,1-2H3. The van der Waals surface area contributed by atoms with Crippen molar-refractivity contribution in [1.29, 1.82) is 0 Å². The molecule has 0 spiro atoms. The fraction of sp³-hybridized carbons (Fsp3) is 0.467. The van der Waals surface area contributed by atoms with Gasteiger partial charge in [-0.15, -0.1) is 0 Å². The van der Waals surface area contributed by atoms with Crippen molar-refractivity contribution >= 4 is 0 Å². The van der Waals surface area contributed by atoms with E-state index in [0.29, 0.717) is 0 Å². The van der Waals surface area contributed by atoms with Crippen molar-refractivity contribution in [3.8, 4) is 0 Å². The van der Waals surface area contributed by atoms with E-state index >= 15 is 0 Å². The molecule has 15 heavy (non-hydrogen) atoms. The topological polar surface area (TPSA) is 0 Å². The Balaban J connectivity index is 1.95. The Labute approximate surface area is 93.0 Å². The number of allylic oxidation sites excluding steroid dienone is 2. The minimum atomic E-state index is 0.872. The molecule has 0 aromatic heterocycles. The van der Waals surface area contributed by atoms with Crippen molar-refractivity contribution in [2.45, 2.75) is 39.5 Å². The largest absolute Gasteiger partial charge is 0.0853 e. The van der Waals surface area contributed by atoms with E-state index in [1.165, 1.54) is 36.8 Å². The van der Waals surface area contributed by atoms with Crippen LogP contribution in [-0.2, 0) is 6.42 Å². The van der Waals surface area contributed by atoms with Crippen LogP contribution in [0.5, 0.6) is 0 Å². The monoisotopic (exact) mass is 200 g/mol. The van der Waals surface area contributed by atoms with Gasteiger partial charge in [-0.2, -0.15) is 0 Å². The molecule has 0 N–H and O–H groups in total. The molecule has 0 nitrogen and oxygen atoms in total. The second kappa shape index (κ2) is 4.65. The molecule has 0 saturated carbocycles. The lowest BCUT2D eigenvalue weighted by molar-refractivity contribution is 0.467. The maximum Gasteiger partial charge on any atom is -0.0247 e. The summed E-state index contributed by atoms with van der Waals surface area (Å²) < 4.78 is 0. The molecule has 2 rings (SSSR count). The van der Waals surface area contributed by atoms with Gasteiger partial charge in [0.15, 0.2) is 0 Å². The van der Waals surface area contributed by atoms with E-state index in [2.05, 4.69) is 44.2 Å². The van der Waals surface area contributed by atoms with E-state index in [1.807, 2.05) is 0 Å². The average molecular weight is 200 g/mol. The van der Waals surface area contributed by atoms with Gasteiger partial charge in [0.25, 0.3) is 0 Å². The van der Waals surface area contributed by atoms with Gasteiger partial charge in [-0.1, -0.05) is 41.5 Å². The molecule has 0 amide bonds. The third kappa shape index (κ3) is 2.95. The molecule has 1 aromatic carbocycles. The van der Waals surface area contributed by atoms with Gasteiger partial charge in [0.05, 0.1) is 0 Å². The SMILES string of the molecule is CC1=CCC(Cc2ccc(C)cc2)CC1. The summed E-state index contributed by atoms with van der Waals surface area (Å²) in [6.07, 6.45) is 7.62. The molecule has 0 fully saturated rings. The summed E-state index contributed by atoms with van der Waals surface area (Å²) in [5.74, 6) is 0.872. The van der Waals surface area contributed by atoms with E-state index in [-0.39, 0.29) is 0 Å². The number of benzene rings is 1. The van der Waals surface area contributed by atoms with Crippen LogP contribution in [0.15, 0.2) is 35.9 Å². The fourth-order valence-electron chi connectivity index (χ4n) is 2.26. The van der Waals surface area contributed by atoms with E-state index in [1.54, 1.807) is 5.57 Å². The lowest BCUT2D eigenvalue weighted by Crippen LogP contribution is -2.07. The Morgan fingerprint density at radius 1 is 1.13 bits per heavy atom. The third-order valence-corrected chi connectivity index (χ3v) is 3.39. The predicted octanol–water partition coefficient (Wildman–Crippen LogP) is 4.28. The Morgan fingerprint density at radius 2 is 1.87 bits per heavy atom. The van der Waals surface area contributed by atoms with Crippen molar-refractivity contribution in [2.75, 3.05) is 0 Å². The molecule has 0 saturated heterocycles. The van der Waals surface area contributed by atoms with Gasteiger partial charge in [-0.05, 0) is 51.0 Å². The summed E-state index contributed by atoms with van der Waals surface area (Å²) >= 11 is 0. The molecule has 1 unspecified atom stereocenters. The highest BCUT2D eigenvalue weighted by Gasteiger charge is 2.12. The fourth-order valence-corrected chi connectivity index (χ4v) is 2.26. The van der Waals surface area contributed by atoms with Gasteiger partial charge >= 0.3 is 0 Å². The minimum absolute atomic E-state index is 0.872. The molecule has 0 aliphatic heterocycles. The van der Waals surface area contributed by atoms with Crippen LogP contribution >= 0.6 is 0 Å². The summed E-state index contributed by atoms with van der Waals surface area (Å²) in [6, 6.07) is 9.00. The van der Waals surface area contributed by atoms with Crippen LogP contribution in [0.1, 0.15) is 37.3 Å². The first-order valence-corrected chi connectivity index (χ1v) is 5.95. The zero-order chi connectivity index (χ0) is 10.7. The first-order valence-electron chi connectivity index (χ1n) is 5.95. The van der Waals surface area contributed by atoms with Crippen molar-refractivity contribution in [3.63, 3.8) is 0 Å². The maximum absolute atomic E-state index is 2.42. The molecule has 1 aliphatic rings. The quantitative estimate of drug-likeness (QED) is 0.625. The smallest absolute Gasteiger partial charge is 0.0247 e. The Morgan fingerprint density at radius 3 is 2.47 bits per heavy atom. The van der Waals surface area contributed by atoms with Crippen LogP contribution in [0.25, 0.3) is 0 Å². The first kappa shape index (κ1) is 10.5. The summed E-state index contributed by atoms with van der Waals surface area (Å²) in [5, 5.41) is 0. The van der Waals surface area contributed by atoms with Crippen LogP contribution in [0.2, 0.25) is 0 Å². The molecule has 80 valence electrons. The highest BCUT2D eigenvalue weighted by Crippen LogP contribution is 2.26. The highest BCUT2D eigenvalue weighted by molar-refractivity contribution is 5.22.